The summed E-state index contributed by atoms with van der Waals surface area (Å²) in [4.78, 5) is 12.7. The minimum atomic E-state index is -4.64. The molecule has 34 heavy (non-hydrogen) atoms. The Labute approximate surface area is 198 Å². The molecule has 1 amide bonds. The zero-order chi connectivity index (χ0) is 24.5. The fourth-order valence-electron chi connectivity index (χ4n) is 3.42. The Kier molecular flexibility index (Phi) is 6.45. The molecule has 0 fully saturated rings. The molecule has 5 nitrogen and oxygen atoms in total. The Morgan fingerprint density at radius 2 is 1.76 bits per heavy atom. The van der Waals surface area contributed by atoms with Gasteiger partial charge in [-0.15, -0.1) is 0 Å². The first-order valence-electron chi connectivity index (χ1n) is 10.2. The largest absolute Gasteiger partial charge is 0.435 e. The Hall–Kier alpha value is -3.62. The van der Waals surface area contributed by atoms with Crippen molar-refractivity contribution in [2.75, 3.05) is 5.32 Å². The maximum Gasteiger partial charge on any atom is 0.435 e. The summed E-state index contributed by atoms with van der Waals surface area (Å²) in [5.41, 5.74) is 2.22. The van der Waals surface area contributed by atoms with Gasteiger partial charge in [-0.05, 0) is 54.4 Å². The summed E-state index contributed by atoms with van der Waals surface area (Å²) in [6, 6.07) is 18.8. The lowest BCUT2D eigenvalue weighted by atomic mass is 10.1. The van der Waals surface area contributed by atoms with Crippen LogP contribution in [0.15, 0.2) is 72.8 Å². The topological polar surface area (TPSA) is 67.2 Å². The average molecular weight is 486 g/mol. The first kappa shape index (κ1) is 23.5. The molecule has 0 unspecified atom stereocenters. The SMILES string of the molecule is Cc1ccc(CO)cc1NC(=O)c1ccc(-c2cc(C(F)(F)F)nn2-c2ccccc2Cl)cc1. The Morgan fingerprint density at radius 1 is 1.06 bits per heavy atom. The normalized spacial score (nSPS) is 11.5. The third-order valence-corrected chi connectivity index (χ3v) is 5.58. The lowest BCUT2D eigenvalue weighted by Gasteiger charge is -2.11. The zero-order valence-electron chi connectivity index (χ0n) is 17.9. The van der Waals surface area contributed by atoms with Gasteiger partial charge < -0.3 is 10.4 Å². The molecule has 0 spiro atoms. The van der Waals surface area contributed by atoms with Crippen molar-refractivity contribution < 1.29 is 23.1 Å². The number of anilines is 1. The number of aliphatic hydroxyl groups excluding tert-OH is 1. The van der Waals surface area contributed by atoms with E-state index in [4.69, 9.17) is 11.6 Å². The number of hydrogen-bond donors (Lipinski definition) is 2. The van der Waals surface area contributed by atoms with Gasteiger partial charge in [0.05, 0.1) is 23.0 Å². The Balaban J connectivity index is 1.67. The first-order chi connectivity index (χ1) is 16.2. The van der Waals surface area contributed by atoms with Crippen molar-refractivity contribution in [1.29, 1.82) is 0 Å². The zero-order valence-corrected chi connectivity index (χ0v) is 18.7. The molecule has 4 aromatic rings. The van der Waals surface area contributed by atoms with Crippen LogP contribution in [0.4, 0.5) is 18.9 Å². The van der Waals surface area contributed by atoms with E-state index in [1.165, 1.54) is 12.1 Å². The second-order valence-corrected chi connectivity index (χ2v) is 8.02. The molecule has 0 radical (unpaired) electrons. The minimum Gasteiger partial charge on any atom is -0.392 e. The number of nitrogens with zero attached hydrogens (tertiary/aromatic N) is 2. The van der Waals surface area contributed by atoms with Crippen molar-refractivity contribution in [3.63, 3.8) is 0 Å². The van der Waals surface area contributed by atoms with Gasteiger partial charge in [0.15, 0.2) is 5.69 Å². The quantitative estimate of drug-likeness (QED) is 0.350. The first-order valence-corrected chi connectivity index (χ1v) is 10.6. The molecule has 1 heterocycles. The predicted octanol–water partition coefficient (Wildman–Crippen LogP) is 6.26. The number of amides is 1. The van der Waals surface area contributed by atoms with Crippen molar-refractivity contribution in [3.8, 4) is 16.9 Å². The summed E-state index contributed by atoms with van der Waals surface area (Å²) >= 11 is 6.21. The number of halogens is 4. The summed E-state index contributed by atoms with van der Waals surface area (Å²) in [6.07, 6.45) is -4.64. The second kappa shape index (κ2) is 9.32. The highest BCUT2D eigenvalue weighted by molar-refractivity contribution is 6.32. The van der Waals surface area contributed by atoms with Gasteiger partial charge in [-0.25, -0.2) is 4.68 Å². The van der Waals surface area contributed by atoms with Gasteiger partial charge >= 0.3 is 6.18 Å². The molecule has 9 heteroatoms. The van der Waals surface area contributed by atoms with Crippen LogP contribution in [-0.4, -0.2) is 20.8 Å². The van der Waals surface area contributed by atoms with Crippen LogP contribution < -0.4 is 5.32 Å². The average Bonchev–Trinajstić information content (AvgIpc) is 3.27. The number of carbonyl (C=O) groups excluding carboxylic acids is 1. The van der Waals surface area contributed by atoms with Crippen LogP contribution in [0.2, 0.25) is 5.02 Å². The van der Waals surface area contributed by atoms with E-state index in [2.05, 4.69) is 10.4 Å². The van der Waals surface area contributed by atoms with Crippen LogP contribution in [0, 0.1) is 6.92 Å². The maximum atomic E-state index is 13.4. The number of para-hydroxylation sites is 1. The molecule has 0 saturated carbocycles. The third-order valence-electron chi connectivity index (χ3n) is 5.26. The highest BCUT2D eigenvalue weighted by Gasteiger charge is 2.35. The number of carbonyl (C=O) groups is 1. The number of aryl methyl sites for hydroxylation is 1. The van der Waals surface area contributed by atoms with Crippen LogP contribution in [0.3, 0.4) is 0 Å². The second-order valence-electron chi connectivity index (χ2n) is 7.61. The number of alkyl halides is 3. The highest BCUT2D eigenvalue weighted by atomic mass is 35.5. The lowest BCUT2D eigenvalue weighted by molar-refractivity contribution is -0.141. The van der Waals surface area contributed by atoms with Crippen LogP contribution in [0.1, 0.15) is 27.2 Å². The van der Waals surface area contributed by atoms with E-state index in [1.54, 1.807) is 54.6 Å². The Bertz CT molecular complexity index is 1350. The number of benzene rings is 3. The van der Waals surface area contributed by atoms with Crippen LogP contribution in [0.5, 0.6) is 0 Å². The number of rotatable bonds is 5. The van der Waals surface area contributed by atoms with E-state index in [9.17, 15) is 23.1 Å². The fourth-order valence-corrected chi connectivity index (χ4v) is 3.64. The summed E-state index contributed by atoms with van der Waals surface area (Å²) in [5.74, 6) is -0.389. The van der Waals surface area contributed by atoms with Crippen LogP contribution in [-0.2, 0) is 12.8 Å². The van der Waals surface area contributed by atoms with E-state index in [-0.39, 0.29) is 23.2 Å². The fraction of sp³-hybridized carbons (Fsp3) is 0.120. The molecule has 2 N–H and O–H groups in total. The molecule has 0 saturated heterocycles. The van der Waals surface area contributed by atoms with Gasteiger partial charge in [0.25, 0.3) is 5.91 Å². The van der Waals surface area contributed by atoms with Gasteiger partial charge in [0.2, 0.25) is 0 Å². The van der Waals surface area contributed by atoms with Crippen molar-refractivity contribution in [2.45, 2.75) is 19.7 Å². The van der Waals surface area contributed by atoms with E-state index in [0.29, 0.717) is 28.1 Å². The van der Waals surface area contributed by atoms with Crippen molar-refractivity contribution >= 4 is 23.2 Å². The van der Waals surface area contributed by atoms with E-state index < -0.39 is 11.9 Å². The summed E-state index contributed by atoms with van der Waals surface area (Å²) in [7, 11) is 0. The molecular formula is C25H19ClF3N3O2. The van der Waals surface area contributed by atoms with Gasteiger partial charge in [-0.3, -0.25) is 4.79 Å². The molecule has 0 bridgehead atoms. The molecule has 1 aromatic heterocycles. The number of nitrogens with one attached hydrogen (secondary N) is 1. The van der Waals surface area contributed by atoms with Crippen LogP contribution in [0.25, 0.3) is 16.9 Å². The van der Waals surface area contributed by atoms with Gasteiger partial charge in [0.1, 0.15) is 0 Å². The molecule has 3 aromatic carbocycles. The minimum absolute atomic E-state index is 0.156. The number of hydrogen-bond acceptors (Lipinski definition) is 3. The van der Waals surface area contributed by atoms with Crippen molar-refractivity contribution in [2.24, 2.45) is 0 Å². The standard InChI is InChI=1S/C25H19ClF3N3O2/c1-15-6-7-16(14-33)12-20(15)30-24(34)18-10-8-17(9-11-18)22-13-23(25(27,28)29)31-32(22)21-5-3-2-4-19(21)26/h2-13,33H,14H2,1H3,(H,30,34). The van der Waals surface area contributed by atoms with E-state index >= 15 is 0 Å². The smallest absolute Gasteiger partial charge is 0.392 e. The lowest BCUT2D eigenvalue weighted by Crippen LogP contribution is -2.13. The molecule has 174 valence electrons. The molecule has 0 aliphatic heterocycles. The van der Waals surface area contributed by atoms with Crippen LogP contribution >= 0.6 is 11.6 Å². The maximum absolute atomic E-state index is 13.4. The summed E-state index contributed by atoms with van der Waals surface area (Å²) in [6.45, 7) is 1.67. The van der Waals surface area contributed by atoms with Gasteiger partial charge in [0, 0.05) is 16.8 Å². The molecule has 0 aliphatic carbocycles. The van der Waals surface area contributed by atoms with Crippen molar-refractivity contribution in [1.82, 2.24) is 9.78 Å². The monoisotopic (exact) mass is 485 g/mol. The van der Waals surface area contributed by atoms with E-state index in [1.807, 2.05) is 6.92 Å². The summed E-state index contributed by atoms with van der Waals surface area (Å²) < 4.78 is 41.3. The predicted molar refractivity (Wildman–Crippen MR) is 124 cm³/mol. The molecule has 0 aliphatic rings. The molecular weight excluding hydrogens is 467 g/mol. The number of aliphatic hydroxyl groups is 1. The highest BCUT2D eigenvalue weighted by Crippen LogP contribution is 2.34. The van der Waals surface area contributed by atoms with Gasteiger partial charge in [-0.2, -0.15) is 18.3 Å². The van der Waals surface area contributed by atoms with Gasteiger partial charge in [-0.1, -0.05) is 48.0 Å². The summed E-state index contributed by atoms with van der Waals surface area (Å²) in [5, 5.41) is 16.1. The third kappa shape index (κ3) is 4.83. The molecule has 0 atom stereocenters. The van der Waals surface area contributed by atoms with E-state index in [0.717, 1.165) is 16.3 Å². The number of aromatic nitrogens is 2. The molecule has 4 rings (SSSR count). The van der Waals surface area contributed by atoms with Crippen molar-refractivity contribution in [3.05, 3.63) is 100 Å². The Morgan fingerprint density at radius 3 is 2.41 bits per heavy atom.